The molecule has 1 heterocycles. The van der Waals surface area contributed by atoms with Gasteiger partial charge in [0, 0.05) is 23.4 Å². The van der Waals surface area contributed by atoms with Crippen molar-refractivity contribution >= 4 is 17.8 Å². The van der Waals surface area contributed by atoms with Crippen LogP contribution in [0.1, 0.15) is 39.5 Å². The van der Waals surface area contributed by atoms with Gasteiger partial charge in [-0.25, -0.2) is 4.98 Å². The second kappa shape index (κ2) is 9.20. The molecule has 0 atom stereocenters. The van der Waals surface area contributed by atoms with Crippen molar-refractivity contribution in [3.63, 3.8) is 0 Å². The van der Waals surface area contributed by atoms with Crippen LogP contribution in [-0.4, -0.2) is 27.8 Å². The summed E-state index contributed by atoms with van der Waals surface area (Å²) in [5.41, 5.74) is 2.02. The molecule has 0 aliphatic heterocycles. The number of aromatic nitrogens is 2. The summed E-state index contributed by atoms with van der Waals surface area (Å²) in [6.07, 6.45) is 8.78. The third kappa shape index (κ3) is 5.72. The molecule has 0 spiro atoms. The van der Waals surface area contributed by atoms with Crippen LogP contribution >= 0.6 is 11.9 Å². The first-order chi connectivity index (χ1) is 12.2. The van der Waals surface area contributed by atoms with Gasteiger partial charge in [-0.1, -0.05) is 56.1 Å². The van der Waals surface area contributed by atoms with Crippen molar-refractivity contribution < 1.29 is 0 Å². The van der Waals surface area contributed by atoms with E-state index < -0.39 is 0 Å². The molecule has 1 aromatic heterocycles. The zero-order valence-corrected chi connectivity index (χ0v) is 15.9. The fourth-order valence-corrected chi connectivity index (χ4v) is 3.84. The predicted molar refractivity (Wildman–Crippen MR) is 108 cm³/mol. The maximum Gasteiger partial charge on any atom is 0.144 e. The second-order valence-corrected chi connectivity index (χ2v) is 8.45. The first-order valence-electron chi connectivity index (χ1n) is 9.23. The van der Waals surface area contributed by atoms with Gasteiger partial charge in [-0.2, -0.15) is 0 Å². The number of anilines is 1. The van der Waals surface area contributed by atoms with E-state index in [0.717, 1.165) is 29.5 Å². The molecule has 1 fully saturated rings. The Morgan fingerprint density at radius 2 is 1.80 bits per heavy atom. The van der Waals surface area contributed by atoms with Crippen LogP contribution in [-0.2, 0) is 0 Å². The summed E-state index contributed by atoms with van der Waals surface area (Å²) in [5, 5.41) is 4.11. The molecular formula is C20H28N4S. The minimum atomic E-state index is 0.650. The van der Waals surface area contributed by atoms with Crippen molar-refractivity contribution in [2.75, 3.05) is 11.9 Å². The van der Waals surface area contributed by atoms with Crippen LogP contribution in [0.2, 0.25) is 0 Å². The van der Waals surface area contributed by atoms with Crippen molar-refractivity contribution in [3.05, 3.63) is 42.7 Å². The number of hydrogen-bond donors (Lipinski definition) is 2. The Morgan fingerprint density at radius 1 is 1.04 bits per heavy atom. The molecule has 134 valence electrons. The van der Waals surface area contributed by atoms with Crippen molar-refractivity contribution in [1.29, 1.82) is 0 Å². The summed E-state index contributed by atoms with van der Waals surface area (Å²) < 4.78 is 3.61. The fraction of sp³-hybridized carbons (Fsp3) is 0.500. The SMILES string of the molecule is CC(C)SNC1CCC(CNc2cnc(-c3ccccc3)cn2)CC1. The molecule has 3 rings (SSSR count). The smallest absolute Gasteiger partial charge is 0.144 e. The minimum Gasteiger partial charge on any atom is -0.369 e. The summed E-state index contributed by atoms with van der Waals surface area (Å²) in [6, 6.07) is 10.8. The van der Waals surface area contributed by atoms with Crippen molar-refractivity contribution in [3.8, 4) is 11.3 Å². The molecule has 0 saturated heterocycles. The first kappa shape index (κ1) is 18.2. The Hall–Kier alpha value is -1.59. The van der Waals surface area contributed by atoms with Gasteiger partial charge >= 0.3 is 0 Å². The molecule has 25 heavy (non-hydrogen) atoms. The van der Waals surface area contributed by atoms with Crippen LogP contribution in [0.25, 0.3) is 11.3 Å². The third-order valence-corrected chi connectivity index (χ3v) is 5.55. The minimum absolute atomic E-state index is 0.650. The van der Waals surface area contributed by atoms with E-state index in [2.05, 4.69) is 46.0 Å². The van der Waals surface area contributed by atoms with E-state index in [4.69, 9.17) is 0 Å². The van der Waals surface area contributed by atoms with Crippen LogP contribution in [0.3, 0.4) is 0 Å². The van der Waals surface area contributed by atoms with Gasteiger partial charge in [-0.3, -0.25) is 9.71 Å². The Morgan fingerprint density at radius 3 is 2.44 bits per heavy atom. The quantitative estimate of drug-likeness (QED) is 0.701. The molecule has 4 nitrogen and oxygen atoms in total. The lowest BCUT2D eigenvalue weighted by Gasteiger charge is -2.29. The molecule has 0 unspecified atom stereocenters. The maximum atomic E-state index is 4.53. The highest BCUT2D eigenvalue weighted by atomic mass is 32.2. The van der Waals surface area contributed by atoms with Crippen LogP contribution in [0, 0.1) is 5.92 Å². The molecule has 2 N–H and O–H groups in total. The first-order valence-corrected chi connectivity index (χ1v) is 10.1. The lowest BCUT2D eigenvalue weighted by Crippen LogP contribution is -2.31. The highest BCUT2D eigenvalue weighted by Gasteiger charge is 2.21. The summed E-state index contributed by atoms with van der Waals surface area (Å²) >= 11 is 1.86. The average molecular weight is 357 g/mol. The summed E-state index contributed by atoms with van der Waals surface area (Å²) in [6.45, 7) is 5.46. The van der Waals surface area contributed by atoms with E-state index in [1.807, 2.05) is 42.5 Å². The van der Waals surface area contributed by atoms with Gasteiger partial charge < -0.3 is 5.32 Å². The Labute approximate surface area is 155 Å². The van der Waals surface area contributed by atoms with Gasteiger partial charge in [-0.15, -0.1) is 0 Å². The van der Waals surface area contributed by atoms with Gasteiger partial charge in [0.1, 0.15) is 5.82 Å². The van der Waals surface area contributed by atoms with Gasteiger partial charge in [0.15, 0.2) is 0 Å². The normalized spacial score (nSPS) is 20.6. The molecule has 1 saturated carbocycles. The highest BCUT2D eigenvalue weighted by molar-refractivity contribution is 7.98. The van der Waals surface area contributed by atoms with Gasteiger partial charge in [0.25, 0.3) is 0 Å². The van der Waals surface area contributed by atoms with Crippen molar-refractivity contribution in [2.45, 2.75) is 50.8 Å². The fourth-order valence-electron chi connectivity index (χ4n) is 3.14. The Kier molecular flexibility index (Phi) is 6.70. The van der Waals surface area contributed by atoms with E-state index in [-0.39, 0.29) is 0 Å². The highest BCUT2D eigenvalue weighted by Crippen LogP contribution is 2.26. The molecule has 1 aromatic carbocycles. The maximum absolute atomic E-state index is 4.53. The topological polar surface area (TPSA) is 49.8 Å². The number of nitrogens with one attached hydrogen (secondary N) is 2. The van der Waals surface area contributed by atoms with E-state index >= 15 is 0 Å². The molecule has 0 radical (unpaired) electrons. The van der Waals surface area contributed by atoms with Crippen LogP contribution < -0.4 is 10.0 Å². The van der Waals surface area contributed by atoms with E-state index in [1.165, 1.54) is 25.7 Å². The van der Waals surface area contributed by atoms with E-state index in [0.29, 0.717) is 11.3 Å². The molecule has 0 bridgehead atoms. The lowest BCUT2D eigenvalue weighted by atomic mass is 9.86. The molecule has 1 aliphatic rings. The summed E-state index contributed by atoms with van der Waals surface area (Å²) in [7, 11) is 0. The molecular weight excluding hydrogens is 328 g/mol. The number of hydrogen-bond acceptors (Lipinski definition) is 5. The van der Waals surface area contributed by atoms with Gasteiger partial charge in [0.05, 0.1) is 18.1 Å². The molecule has 0 amide bonds. The van der Waals surface area contributed by atoms with Crippen molar-refractivity contribution in [1.82, 2.24) is 14.7 Å². The van der Waals surface area contributed by atoms with Crippen LogP contribution in [0.4, 0.5) is 5.82 Å². The number of nitrogens with zero attached hydrogens (tertiary/aromatic N) is 2. The molecule has 2 aromatic rings. The average Bonchev–Trinajstić information content (AvgIpc) is 2.66. The second-order valence-electron chi connectivity index (χ2n) is 7.04. The summed E-state index contributed by atoms with van der Waals surface area (Å²) in [5.74, 6) is 1.60. The zero-order valence-electron chi connectivity index (χ0n) is 15.1. The number of benzene rings is 1. The monoisotopic (exact) mass is 356 g/mol. The van der Waals surface area contributed by atoms with Crippen molar-refractivity contribution in [2.24, 2.45) is 5.92 Å². The molecule has 1 aliphatic carbocycles. The van der Waals surface area contributed by atoms with Gasteiger partial charge in [0.2, 0.25) is 0 Å². The van der Waals surface area contributed by atoms with E-state index in [1.54, 1.807) is 0 Å². The van der Waals surface area contributed by atoms with Crippen LogP contribution in [0.5, 0.6) is 0 Å². The third-order valence-electron chi connectivity index (χ3n) is 4.61. The van der Waals surface area contributed by atoms with E-state index in [9.17, 15) is 0 Å². The van der Waals surface area contributed by atoms with Crippen LogP contribution in [0.15, 0.2) is 42.7 Å². The molecule has 5 heteroatoms. The number of rotatable bonds is 7. The Balaban J connectivity index is 1.42. The predicted octanol–water partition coefficient (Wildman–Crippen LogP) is 4.76. The Bertz CT molecular complexity index is 622. The lowest BCUT2D eigenvalue weighted by molar-refractivity contribution is 0.328. The van der Waals surface area contributed by atoms with Gasteiger partial charge in [-0.05, 0) is 31.6 Å². The largest absolute Gasteiger partial charge is 0.369 e. The summed E-state index contributed by atoms with van der Waals surface area (Å²) in [4.78, 5) is 9.04. The zero-order chi connectivity index (χ0) is 17.5. The standard InChI is InChI=1S/C20H28N4S/c1-15(2)25-24-18-10-8-16(9-11-18)12-22-20-14-21-19(13-23-20)17-6-4-3-5-7-17/h3-7,13-16,18,24H,8-12H2,1-2H3,(H,22,23).